The number of rotatable bonds is 5. The number of carbonyl (C=O) groups is 1. The predicted octanol–water partition coefficient (Wildman–Crippen LogP) is 1.34. The molecule has 132 valence electrons. The summed E-state index contributed by atoms with van der Waals surface area (Å²) < 4.78 is 11.4. The first-order valence-corrected chi connectivity index (χ1v) is 8.71. The van der Waals surface area contributed by atoms with Crippen LogP contribution in [0.5, 0.6) is 0 Å². The standard InChI is InChI=1S/C18H22N4O3/c23-18(13-3-5-20-21-8-13)19-9-17-16-4-6-22(10-14(16)12-25-17)11-15-2-1-7-24-15/h1-3,5,7-8,14,16-17H,4,6,9-12H2,(H,19,23)/t14-,16-,17+/m1/s1. The molecule has 25 heavy (non-hydrogen) atoms. The molecule has 7 nitrogen and oxygen atoms in total. The van der Waals surface area contributed by atoms with Gasteiger partial charge in [-0.2, -0.15) is 10.2 Å². The van der Waals surface area contributed by atoms with E-state index < -0.39 is 0 Å². The van der Waals surface area contributed by atoms with E-state index in [1.807, 2.05) is 12.1 Å². The Morgan fingerprint density at radius 3 is 3.12 bits per heavy atom. The molecule has 2 aromatic rings. The van der Waals surface area contributed by atoms with Gasteiger partial charge >= 0.3 is 0 Å². The third-order valence-electron chi connectivity index (χ3n) is 5.15. The maximum absolute atomic E-state index is 12.1. The molecule has 0 spiro atoms. The highest BCUT2D eigenvalue weighted by atomic mass is 16.5. The van der Waals surface area contributed by atoms with Gasteiger partial charge in [0.2, 0.25) is 0 Å². The number of nitrogens with zero attached hydrogens (tertiary/aromatic N) is 3. The fourth-order valence-corrected chi connectivity index (χ4v) is 3.86. The Balaban J connectivity index is 1.28. The van der Waals surface area contributed by atoms with Gasteiger partial charge in [0.05, 0.1) is 43.5 Å². The van der Waals surface area contributed by atoms with Crippen LogP contribution in [-0.2, 0) is 11.3 Å². The molecule has 3 atom stereocenters. The van der Waals surface area contributed by atoms with Gasteiger partial charge in [-0.05, 0) is 37.1 Å². The summed E-state index contributed by atoms with van der Waals surface area (Å²) in [7, 11) is 0. The predicted molar refractivity (Wildman–Crippen MR) is 89.7 cm³/mol. The SMILES string of the molecule is O=C(NC[C@@H]1OC[C@H]2CN(Cc3ccco3)CC[C@H]21)c1ccnnc1. The van der Waals surface area contributed by atoms with E-state index in [0.717, 1.165) is 38.4 Å². The van der Waals surface area contributed by atoms with Gasteiger partial charge in [-0.1, -0.05) is 0 Å². The van der Waals surface area contributed by atoms with Crippen LogP contribution in [0, 0.1) is 11.8 Å². The van der Waals surface area contributed by atoms with E-state index in [1.54, 1.807) is 12.3 Å². The molecule has 2 saturated heterocycles. The van der Waals surface area contributed by atoms with Gasteiger partial charge in [-0.15, -0.1) is 0 Å². The second kappa shape index (κ2) is 7.33. The molecule has 0 radical (unpaired) electrons. The van der Waals surface area contributed by atoms with Crippen molar-refractivity contribution in [1.29, 1.82) is 0 Å². The van der Waals surface area contributed by atoms with Crippen molar-refractivity contribution in [2.24, 2.45) is 11.8 Å². The lowest BCUT2D eigenvalue weighted by Crippen LogP contribution is -2.43. The van der Waals surface area contributed by atoms with Crippen molar-refractivity contribution in [3.63, 3.8) is 0 Å². The van der Waals surface area contributed by atoms with Crippen molar-refractivity contribution in [2.45, 2.75) is 19.1 Å². The third-order valence-corrected chi connectivity index (χ3v) is 5.15. The fourth-order valence-electron chi connectivity index (χ4n) is 3.86. The van der Waals surface area contributed by atoms with Crippen LogP contribution in [0.2, 0.25) is 0 Å². The minimum Gasteiger partial charge on any atom is -0.468 e. The van der Waals surface area contributed by atoms with Crippen LogP contribution >= 0.6 is 0 Å². The Morgan fingerprint density at radius 2 is 2.32 bits per heavy atom. The van der Waals surface area contributed by atoms with Crippen molar-refractivity contribution in [1.82, 2.24) is 20.4 Å². The molecule has 2 aliphatic heterocycles. The molecule has 0 bridgehead atoms. The molecule has 7 heteroatoms. The molecule has 2 fully saturated rings. The smallest absolute Gasteiger partial charge is 0.253 e. The van der Waals surface area contributed by atoms with E-state index >= 15 is 0 Å². The lowest BCUT2D eigenvalue weighted by atomic mass is 9.84. The molecule has 1 amide bonds. The Hall–Kier alpha value is -2.25. The lowest BCUT2D eigenvalue weighted by molar-refractivity contribution is 0.0739. The summed E-state index contributed by atoms with van der Waals surface area (Å²) in [6, 6.07) is 5.61. The fraction of sp³-hybridized carbons (Fsp3) is 0.500. The normalized spacial score (nSPS) is 26.3. The molecule has 0 aromatic carbocycles. The molecular formula is C18H22N4O3. The first kappa shape index (κ1) is 16.2. The number of piperidine rings is 1. The molecule has 0 aliphatic carbocycles. The first-order valence-electron chi connectivity index (χ1n) is 8.71. The monoisotopic (exact) mass is 342 g/mol. The summed E-state index contributed by atoms with van der Waals surface area (Å²) in [6.45, 7) is 4.21. The molecule has 2 aliphatic rings. The van der Waals surface area contributed by atoms with Crippen molar-refractivity contribution < 1.29 is 13.9 Å². The Labute approximate surface area is 146 Å². The number of furan rings is 1. The molecule has 0 saturated carbocycles. The Kier molecular flexibility index (Phi) is 4.76. The van der Waals surface area contributed by atoms with Crippen molar-refractivity contribution >= 4 is 5.91 Å². The second-order valence-electron chi connectivity index (χ2n) is 6.74. The number of fused-ring (bicyclic) bond motifs is 1. The van der Waals surface area contributed by atoms with Gasteiger partial charge in [-0.25, -0.2) is 0 Å². The summed E-state index contributed by atoms with van der Waals surface area (Å²) in [5.74, 6) is 1.90. The third kappa shape index (κ3) is 3.72. The van der Waals surface area contributed by atoms with Crippen LogP contribution in [0.4, 0.5) is 0 Å². The zero-order chi connectivity index (χ0) is 17.1. The van der Waals surface area contributed by atoms with Crippen LogP contribution in [0.15, 0.2) is 41.3 Å². The minimum atomic E-state index is -0.128. The minimum absolute atomic E-state index is 0.0921. The number of carbonyl (C=O) groups excluding carboxylic acids is 1. The van der Waals surface area contributed by atoms with Crippen LogP contribution in [-0.4, -0.2) is 53.3 Å². The topological polar surface area (TPSA) is 80.5 Å². The summed E-state index contributed by atoms with van der Waals surface area (Å²) >= 11 is 0. The number of nitrogens with one attached hydrogen (secondary N) is 1. The second-order valence-corrected chi connectivity index (χ2v) is 6.74. The first-order chi connectivity index (χ1) is 12.3. The van der Waals surface area contributed by atoms with Crippen LogP contribution in [0.3, 0.4) is 0 Å². The van der Waals surface area contributed by atoms with E-state index in [9.17, 15) is 4.79 Å². The molecular weight excluding hydrogens is 320 g/mol. The van der Waals surface area contributed by atoms with Gasteiger partial charge in [0.1, 0.15) is 5.76 Å². The van der Waals surface area contributed by atoms with Gasteiger partial charge in [-0.3, -0.25) is 9.69 Å². The number of amides is 1. The summed E-state index contributed by atoms with van der Waals surface area (Å²) in [5, 5.41) is 10.4. The zero-order valence-electron chi connectivity index (χ0n) is 14.0. The largest absolute Gasteiger partial charge is 0.468 e. The Bertz CT molecular complexity index is 692. The number of likely N-dealkylation sites (tertiary alicyclic amines) is 1. The number of aromatic nitrogens is 2. The summed E-state index contributed by atoms with van der Waals surface area (Å²) in [5.41, 5.74) is 0.526. The maximum Gasteiger partial charge on any atom is 0.253 e. The van der Waals surface area contributed by atoms with E-state index in [2.05, 4.69) is 20.4 Å². The molecule has 0 unspecified atom stereocenters. The number of ether oxygens (including phenoxy) is 1. The molecule has 4 heterocycles. The van der Waals surface area contributed by atoms with Crippen LogP contribution in [0.1, 0.15) is 22.5 Å². The van der Waals surface area contributed by atoms with Crippen LogP contribution in [0.25, 0.3) is 0 Å². The number of hydrogen-bond donors (Lipinski definition) is 1. The van der Waals surface area contributed by atoms with Crippen molar-refractivity contribution in [3.8, 4) is 0 Å². The summed E-state index contributed by atoms with van der Waals surface area (Å²) in [6.07, 6.45) is 5.89. The number of hydrogen-bond acceptors (Lipinski definition) is 6. The van der Waals surface area contributed by atoms with E-state index in [1.165, 1.54) is 12.4 Å². The highest BCUT2D eigenvalue weighted by Gasteiger charge is 2.40. The van der Waals surface area contributed by atoms with E-state index in [4.69, 9.17) is 9.15 Å². The average molecular weight is 342 g/mol. The molecule has 2 aromatic heterocycles. The quantitative estimate of drug-likeness (QED) is 0.883. The molecule has 4 rings (SSSR count). The highest BCUT2D eigenvalue weighted by molar-refractivity contribution is 5.93. The maximum atomic E-state index is 12.1. The van der Waals surface area contributed by atoms with Crippen molar-refractivity contribution in [2.75, 3.05) is 26.2 Å². The van der Waals surface area contributed by atoms with Gasteiger partial charge < -0.3 is 14.5 Å². The lowest BCUT2D eigenvalue weighted by Gasteiger charge is -2.35. The van der Waals surface area contributed by atoms with Crippen LogP contribution < -0.4 is 5.32 Å². The summed E-state index contributed by atoms with van der Waals surface area (Å²) in [4.78, 5) is 14.6. The van der Waals surface area contributed by atoms with Crippen molar-refractivity contribution in [3.05, 3.63) is 48.2 Å². The zero-order valence-corrected chi connectivity index (χ0v) is 14.0. The Morgan fingerprint density at radius 1 is 1.36 bits per heavy atom. The van der Waals surface area contributed by atoms with Gasteiger partial charge in [0.15, 0.2) is 0 Å². The highest BCUT2D eigenvalue weighted by Crippen LogP contribution is 2.34. The molecule has 1 N–H and O–H groups in total. The average Bonchev–Trinajstić information content (AvgIpc) is 3.30. The van der Waals surface area contributed by atoms with E-state index in [-0.39, 0.29) is 12.0 Å². The van der Waals surface area contributed by atoms with Gasteiger partial charge in [0, 0.05) is 19.0 Å². The van der Waals surface area contributed by atoms with Gasteiger partial charge in [0.25, 0.3) is 5.91 Å². The van der Waals surface area contributed by atoms with E-state index in [0.29, 0.717) is 23.9 Å².